The van der Waals surface area contributed by atoms with Crippen molar-refractivity contribution in [2.75, 3.05) is 17.7 Å². The third-order valence-corrected chi connectivity index (χ3v) is 5.79. The minimum absolute atomic E-state index is 0.0782. The predicted molar refractivity (Wildman–Crippen MR) is 128 cm³/mol. The average Bonchev–Trinajstić information content (AvgIpc) is 2.77. The quantitative estimate of drug-likeness (QED) is 0.257. The molecule has 0 saturated heterocycles. The smallest absolute Gasteiger partial charge is 0.399 e. The lowest BCUT2D eigenvalue weighted by Crippen LogP contribution is -2.24. The zero-order valence-corrected chi connectivity index (χ0v) is 19.5. The summed E-state index contributed by atoms with van der Waals surface area (Å²) in [4.78, 5) is 24.1. The molecule has 0 radical (unpaired) electrons. The Morgan fingerprint density at radius 3 is 1.74 bits per heavy atom. The molecule has 0 aliphatic carbocycles. The maximum atomic E-state index is 14.4. The van der Waals surface area contributed by atoms with Crippen LogP contribution in [-0.2, 0) is 0 Å². The van der Waals surface area contributed by atoms with Gasteiger partial charge in [-0.05, 0) is 79.4 Å². The normalized spacial score (nSPS) is 12.2. The predicted octanol–water partition coefficient (Wildman–Crippen LogP) is 5.91. The van der Waals surface area contributed by atoms with Crippen molar-refractivity contribution in [3.63, 3.8) is 0 Å². The van der Waals surface area contributed by atoms with E-state index >= 15 is 0 Å². The number of aryl methyl sites for hydroxylation is 2. The van der Waals surface area contributed by atoms with E-state index in [9.17, 15) is 33.0 Å². The Kier molecular flexibility index (Phi) is 7.09. The van der Waals surface area contributed by atoms with Gasteiger partial charge in [-0.25, -0.2) is 0 Å². The summed E-state index contributed by atoms with van der Waals surface area (Å²) in [7, 11) is 1.49. The molecule has 0 aliphatic heterocycles. The number of nitrogens with one attached hydrogen (secondary N) is 2. The number of hydrogen-bond donors (Lipinski definition) is 4. The summed E-state index contributed by atoms with van der Waals surface area (Å²) in [6.45, 7) is 4.29. The number of carbonyl (C=O) groups is 2. The van der Waals surface area contributed by atoms with Crippen LogP contribution in [0.4, 0.5) is 24.5 Å². The molecule has 6 nitrogen and oxygen atoms in total. The number of phenolic OH excluding ortho intramolecular Hbond substituents is 2. The van der Waals surface area contributed by atoms with Crippen molar-refractivity contribution in [1.82, 2.24) is 0 Å². The van der Waals surface area contributed by atoms with Crippen LogP contribution >= 0.6 is 0 Å². The molecule has 3 rings (SSSR count). The van der Waals surface area contributed by atoms with E-state index < -0.39 is 18.0 Å². The highest BCUT2D eigenvalue weighted by molar-refractivity contribution is 6.05. The highest BCUT2D eigenvalue weighted by Gasteiger charge is 2.44. The molecule has 9 heteroatoms. The molecule has 0 fully saturated rings. The van der Waals surface area contributed by atoms with Crippen molar-refractivity contribution in [2.45, 2.75) is 32.9 Å². The van der Waals surface area contributed by atoms with Crippen molar-refractivity contribution in [2.24, 2.45) is 0 Å². The largest absolute Gasteiger partial charge is 0.506 e. The first-order chi connectivity index (χ1) is 16.3. The lowest BCUT2D eigenvalue weighted by molar-refractivity contribution is -0.141. The fraction of sp³-hybridized carbons (Fsp3) is 0.231. The van der Waals surface area contributed by atoms with Crippen LogP contribution in [0.25, 0.3) is 0 Å². The lowest BCUT2D eigenvalue weighted by Gasteiger charge is -2.26. The second-order valence-corrected chi connectivity index (χ2v) is 8.26. The maximum absolute atomic E-state index is 14.4. The number of benzene rings is 3. The number of phenols is 2. The molecule has 0 bridgehead atoms. The first-order valence-corrected chi connectivity index (χ1v) is 10.7. The molecule has 3 aromatic rings. The Labute approximate surface area is 200 Å². The summed E-state index contributed by atoms with van der Waals surface area (Å²) in [5, 5.41) is 25.5. The van der Waals surface area contributed by atoms with E-state index in [1.165, 1.54) is 64.2 Å². The van der Waals surface area contributed by atoms with Gasteiger partial charge >= 0.3 is 6.18 Å². The number of ketones is 1. The van der Waals surface area contributed by atoms with Gasteiger partial charge in [-0.15, -0.1) is 0 Å². The van der Waals surface area contributed by atoms with Gasteiger partial charge in [0.15, 0.2) is 5.78 Å². The molecule has 0 spiro atoms. The van der Waals surface area contributed by atoms with E-state index in [1.807, 2.05) is 0 Å². The molecule has 184 valence electrons. The molecule has 1 amide bonds. The average molecular weight is 486 g/mol. The van der Waals surface area contributed by atoms with Gasteiger partial charge in [0.25, 0.3) is 5.91 Å². The van der Waals surface area contributed by atoms with Crippen LogP contribution in [-0.4, -0.2) is 35.1 Å². The van der Waals surface area contributed by atoms with Crippen molar-refractivity contribution in [3.05, 3.63) is 81.9 Å². The summed E-state index contributed by atoms with van der Waals surface area (Å²) < 4.78 is 43.2. The number of halogens is 3. The molecular weight excluding hydrogens is 461 g/mol. The maximum Gasteiger partial charge on any atom is 0.399 e. The van der Waals surface area contributed by atoms with Crippen molar-refractivity contribution in [3.8, 4) is 11.5 Å². The third kappa shape index (κ3) is 5.40. The number of rotatable bonds is 6. The minimum atomic E-state index is -4.71. The first-order valence-electron chi connectivity index (χ1n) is 10.7. The number of amides is 1. The number of carbonyl (C=O) groups excluding carboxylic acids is 2. The summed E-state index contributed by atoms with van der Waals surface area (Å²) in [6.07, 6.45) is -4.71. The molecule has 0 aromatic heterocycles. The molecule has 35 heavy (non-hydrogen) atoms. The van der Waals surface area contributed by atoms with E-state index in [0.717, 1.165) is 12.1 Å². The summed E-state index contributed by atoms with van der Waals surface area (Å²) in [6, 6.07) is 10.5. The van der Waals surface area contributed by atoms with Crippen molar-refractivity contribution >= 4 is 23.1 Å². The zero-order valence-electron chi connectivity index (χ0n) is 19.5. The minimum Gasteiger partial charge on any atom is -0.506 e. The second kappa shape index (κ2) is 9.69. The standard InChI is InChI=1S/C26H25F3N2O4/c1-13-9-22(33)20(30-4)11-18(13)24(26(27,28)29)19-12-21(23(34)10-14(19)2)31-25(35)17-7-5-16(6-8-17)15(3)32/h5-12,24,30,33-34H,1-4H3,(H,31,35). The summed E-state index contributed by atoms with van der Waals surface area (Å²) in [5.41, 5.74) is 0.681. The highest BCUT2D eigenvalue weighted by Crippen LogP contribution is 2.46. The van der Waals surface area contributed by atoms with Gasteiger partial charge in [-0.1, -0.05) is 12.1 Å². The SMILES string of the molecule is CNc1cc(C(c2cc(NC(=O)c3ccc(C(C)=O)cc3)c(O)cc2C)C(F)(F)F)c(C)cc1O. The van der Waals surface area contributed by atoms with Gasteiger partial charge in [0.2, 0.25) is 0 Å². The van der Waals surface area contributed by atoms with Gasteiger partial charge in [0.05, 0.1) is 11.4 Å². The topological polar surface area (TPSA) is 98.7 Å². The van der Waals surface area contributed by atoms with Gasteiger partial charge < -0.3 is 20.8 Å². The molecule has 0 saturated carbocycles. The number of alkyl halides is 3. The first kappa shape index (κ1) is 25.6. The Morgan fingerprint density at radius 1 is 0.829 bits per heavy atom. The molecule has 1 unspecified atom stereocenters. The second-order valence-electron chi connectivity index (χ2n) is 8.26. The van der Waals surface area contributed by atoms with Crippen LogP contribution in [0, 0.1) is 13.8 Å². The molecule has 4 N–H and O–H groups in total. The molecule has 0 aliphatic rings. The molecule has 1 atom stereocenters. The van der Waals surface area contributed by atoms with Crippen LogP contribution in [0.1, 0.15) is 55.8 Å². The van der Waals surface area contributed by atoms with Crippen LogP contribution in [0.15, 0.2) is 48.5 Å². The van der Waals surface area contributed by atoms with Gasteiger partial charge in [-0.3, -0.25) is 9.59 Å². The summed E-state index contributed by atoms with van der Waals surface area (Å²) in [5.74, 6) is -3.49. The zero-order chi connectivity index (χ0) is 26.1. The van der Waals surface area contributed by atoms with Crippen molar-refractivity contribution in [1.29, 1.82) is 0 Å². The van der Waals surface area contributed by atoms with E-state index in [0.29, 0.717) is 5.56 Å². The van der Waals surface area contributed by atoms with Gasteiger partial charge in [0.1, 0.15) is 17.4 Å². The van der Waals surface area contributed by atoms with Crippen LogP contribution in [0.5, 0.6) is 11.5 Å². The van der Waals surface area contributed by atoms with Crippen LogP contribution in [0.2, 0.25) is 0 Å². The Bertz CT molecular complexity index is 1290. The molecule has 3 aromatic carbocycles. The van der Waals surface area contributed by atoms with Crippen molar-refractivity contribution < 1.29 is 33.0 Å². The Morgan fingerprint density at radius 2 is 1.29 bits per heavy atom. The third-order valence-electron chi connectivity index (χ3n) is 5.79. The van der Waals surface area contributed by atoms with Crippen LogP contribution in [0.3, 0.4) is 0 Å². The fourth-order valence-electron chi connectivity index (χ4n) is 3.91. The van der Waals surface area contributed by atoms with E-state index in [2.05, 4.69) is 10.6 Å². The number of aromatic hydroxyl groups is 2. The fourth-order valence-corrected chi connectivity index (χ4v) is 3.91. The Balaban J connectivity index is 2.07. The molecular formula is C26H25F3N2O4. The monoisotopic (exact) mass is 486 g/mol. The van der Waals surface area contributed by atoms with E-state index in [1.54, 1.807) is 0 Å². The number of anilines is 2. The number of hydrogen-bond acceptors (Lipinski definition) is 5. The Hall–Kier alpha value is -4.01. The van der Waals surface area contributed by atoms with Gasteiger partial charge in [-0.2, -0.15) is 13.2 Å². The lowest BCUT2D eigenvalue weighted by atomic mass is 9.84. The van der Waals surface area contributed by atoms with E-state index in [4.69, 9.17) is 0 Å². The van der Waals surface area contributed by atoms with E-state index in [-0.39, 0.29) is 56.5 Å². The highest BCUT2D eigenvalue weighted by atomic mass is 19.4. The molecule has 0 heterocycles. The summed E-state index contributed by atoms with van der Waals surface area (Å²) >= 11 is 0. The number of Topliss-reactive ketones (excluding diaryl/α,β-unsaturated/α-hetero) is 1. The van der Waals surface area contributed by atoms with Crippen LogP contribution < -0.4 is 10.6 Å². The van der Waals surface area contributed by atoms with Gasteiger partial charge in [0, 0.05) is 18.2 Å².